The van der Waals surface area contributed by atoms with Crippen LogP contribution in [0.25, 0.3) is 11.3 Å². The van der Waals surface area contributed by atoms with Gasteiger partial charge in [-0.2, -0.15) is 5.10 Å². The van der Waals surface area contributed by atoms with Gasteiger partial charge in [0.05, 0.1) is 23.9 Å². The molecule has 0 radical (unpaired) electrons. The number of rotatable bonds is 3. The zero-order valence-electron chi connectivity index (χ0n) is 18.6. The Morgan fingerprint density at radius 1 is 1.31 bits per heavy atom. The van der Waals surface area contributed by atoms with Crippen LogP contribution in [0.3, 0.4) is 0 Å². The fraction of sp³-hybridized carbons (Fsp3) is 0.522. The van der Waals surface area contributed by atoms with E-state index in [2.05, 4.69) is 10.2 Å². The van der Waals surface area contributed by atoms with Crippen molar-refractivity contribution in [2.45, 2.75) is 50.4 Å². The molecule has 2 atom stereocenters. The molecule has 2 fully saturated rings. The van der Waals surface area contributed by atoms with Crippen LogP contribution in [0, 0.1) is 5.82 Å². The topological polar surface area (TPSA) is 98.8 Å². The van der Waals surface area contributed by atoms with Gasteiger partial charge in [-0.25, -0.2) is 4.39 Å². The van der Waals surface area contributed by atoms with Gasteiger partial charge in [0.25, 0.3) is 5.91 Å². The highest BCUT2D eigenvalue weighted by Crippen LogP contribution is 2.40. The SMILES string of the molecule is CC(=O)N(C)[C@H]1CC2(CCN(C(=O)c3cc(-c4ccccc4F)n[nH]3)CC2)OC[C@]1(C)O. The fourth-order valence-corrected chi connectivity index (χ4v) is 4.67. The molecule has 1 aromatic carbocycles. The molecule has 4 rings (SSSR count). The van der Waals surface area contributed by atoms with Crippen molar-refractivity contribution in [2.24, 2.45) is 0 Å². The summed E-state index contributed by atoms with van der Waals surface area (Å²) < 4.78 is 20.1. The van der Waals surface area contributed by atoms with Crippen LogP contribution in [0.4, 0.5) is 4.39 Å². The number of piperidine rings is 1. The Labute approximate surface area is 186 Å². The minimum Gasteiger partial charge on any atom is -0.386 e. The van der Waals surface area contributed by atoms with E-state index in [9.17, 15) is 19.1 Å². The first-order valence-electron chi connectivity index (χ1n) is 10.8. The van der Waals surface area contributed by atoms with Crippen LogP contribution >= 0.6 is 0 Å². The van der Waals surface area contributed by atoms with E-state index >= 15 is 0 Å². The summed E-state index contributed by atoms with van der Waals surface area (Å²) in [5.41, 5.74) is -0.588. The first kappa shape index (κ1) is 22.4. The summed E-state index contributed by atoms with van der Waals surface area (Å²) in [5.74, 6) is -0.701. The maximum absolute atomic E-state index is 14.0. The number of nitrogens with one attached hydrogen (secondary N) is 1. The monoisotopic (exact) mass is 444 g/mol. The number of likely N-dealkylation sites (N-methyl/N-ethyl adjacent to an activating group) is 1. The van der Waals surface area contributed by atoms with Gasteiger partial charge in [0.1, 0.15) is 17.1 Å². The molecule has 172 valence electrons. The lowest BCUT2D eigenvalue weighted by molar-refractivity contribution is -0.207. The summed E-state index contributed by atoms with van der Waals surface area (Å²) in [6.45, 7) is 4.26. The summed E-state index contributed by atoms with van der Waals surface area (Å²) in [6.07, 6.45) is 1.72. The van der Waals surface area contributed by atoms with Crippen molar-refractivity contribution < 1.29 is 23.8 Å². The van der Waals surface area contributed by atoms with E-state index in [4.69, 9.17) is 4.74 Å². The largest absolute Gasteiger partial charge is 0.386 e. The summed E-state index contributed by atoms with van der Waals surface area (Å²) in [4.78, 5) is 28.2. The Balaban J connectivity index is 1.43. The van der Waals surface area contributed by atoms with Gasteiger partial charge in [0, 0.05) is 32.6 Å². The van der Waals surface area contributed by atoms with Crippen LogP contribution < -0.4 is 0 Å². The molecule has 3 heterocycles. The summed E-state index contributed by atoms with van der Waals surface area (Å²) >= 11 is 0. The lowest BCUT2D eigenvalue weighted by atomic mass is 9.77. The molecule has 1 spiro atoms. The van der Waals surface area contributed by atoms with Crippen LogP contribution in [0.5, 0.6) is 0 Å². The summed E-state index contributed by atoms with van der Waals surface area (Å²) in [5, 5.41) is 17.6. The summed E-state index contributed by atoms with van der Waals surface area (Å²) in [6, 6.07) is 7.51. The quantitative estimate of drug-likeness (QED) is 0.756. The third-order valence-corrected chi connectivity index (χ3v) is 6.84. The number of carbonyl (C=O) groups excluding carboxylic acids is 2. The van der Waals surface area contributed by atoms with Crippen LogP contribution in [0.15, 0.2) is 30.3 Å². The molecule has 0 aliphatic carbocycles. The Morgan fingerprint density at radius 2 is 2.00 bits per heavy atom. The molecular formula is C23H29FN4O4. The number of amides is 2. The number of H-pyrrole nitrogens is 1. The molecule has 2 N–H and O–H groups in total. The Hall–Kier alpha value is -2.78. The predicted molar refractivity (Wildman–Crippen MR) is 115 cm³/mol. The number of hydrogen-bond donors (Lipinski definition) is 2. The second kappa shape index (κ2) is 8.29. The number of hydrogen-bond acceptors (Lipinski definition) is 5. The minimum atomic E-state index is -1.13. The predicted octanol–water partition coefficient (Wildman–Crippen LogP) is 2.21. The molecule has 2 aromatic rings. The number of aliphatic hydroxyl groups is 1. The molecule has 0 unspecified atom stereocenters. The Kier molecular flexibility index (Phi) is 5.81. The molecule has 2 aliphatic rings. The average Bonchev–Trinajstić information content (AvgIpc) is 3.25. The first-order valence-corrected chi connectivity index (χ1v) is 10.8. The number of ether oxygens (including phenoxy) is 1. The first-order chi connectivity index (χ1) is 15.1. The number of benzene rings is 1. The average molecular weight is 445 g/mol. The third kappa shape index (κ3) is 4.14. The third-order valence-electron chi connectivity index (χ3n) is 6.84. The van der Waals surface area contributed by atoms with Crippen molar-refractivity contribution >= 4 is 11.8 Å². The van der Waals surface area contributed by atoms with Crippen molar-refractivity contribution in [2.75, 3.05) is 26.7 Å². The number of carbonyl (C=O) groups is 2. The van der Waals surface area contributed by atoms with Crippen LogP contribution in [-0.4, -0.2) is 80.9 Å². The second-order valence-electron chi connectivity index (χ2n) is 9.12. The van der Waals surface area contributed by atoms with Crippen molar-refractivity contribution in [3.05, 3.63) is 41.8 Å². The molecule has 32 heavy (non-hydrogen) atoms. The van der Waals surface area contributed by atoms with E-state index in [1.165, 1.54) is 13.0 Å². The Bertz CT molecular complexity index is 1010. The van der Waals surface area contributed by atoms with Gasteiger partial charge in [0.2, 0.25) is 5.91 Å². The zero-order valence-corrected chi connectivity index (χ0v) is 18.6. The smallest absolute Gasteiger partial charge is 0.271 e. The number of halogens is 1. The van der Waals surface area contributed by atoms with Crippen LogP contribution in [0.2, 0.25) is 0 Å². The van der Waals surface area contributed by atoms with Gasteiger partial charge in [0.15, 0.2) is 0 Å². The number of aromatic nitrogens is 2. The van der Waals surface area contributed by atoms with E-state index < -0.39 is 17.0 Å². The van der Waals surface area contributed by atoms with Gasteiger partial charge in [-0.05, 0) is 44.4 Å². The Morgan fingerprint density at radius 3 is 2.66 bits per heavy atom. The number of nitrogens with zero attached hydrogens (tertiary/aromatic N) is 3. The second-order valence-corrected chi connectivity index (χ2v) is 9.12. The highest BCUT2D eigenvalue weighted by atomic mass is 19.1. The minimum absolute atomic E-state index is 0.107. The number of aromatic amines is 1. The van der Waals surface area contributed by atoms with E-state index in [0.717, 1.165) is 0 Å². The van der Waals surface area contributed by atoms with Gasteiger partial charge >= 0.3 is 0 Å². The fourth-order valence-electron chi connectivity index (χ4n) is 4.67. The lowest BCUT2D eigenvalue weighted by Crippen LogP contribution is -2.64. The normalized spacial score (nSPS) is 25.0. The lowest BCUT2D eigenvalue weighted by Gasteiger charge is -2.52. The molecule has 2 aliphatic heterocycles. The molecule has 1 aromatic heterocycles. The molecule has 0 bridgehead atoms. The van der Waals surface area contributed by atoms with Crippen molar-refractivity contribution in [1.82, 2.24) is 20.0 Å². The van der Waals surface area contributed by atoms with Crippen molar-refractivity contribution in [3.63, 3.8) is 0 Å². The van der Waals surface area contributed by atoms with Gasteiger partial charge in [-0.15, -0.1) is 0 Å². The molecule has 8 nitrogen and oxygen atoms in total. The van der Waals surface area contributed by atoms with Crippen LogP contribution in [0.1, 0.15) is 43.6 Å². The zero-order chi connectivity index (χ0) is 23.1. The maximum atomic E-state index is 14.0. The highest BCUT2D eigenvalue weighted by molar-refractivity contribution is 5.93. The van der Waals surface area contributed by atoms with Crippen molar-refractivity contribution in [3.8, 4) is 11.3 Å². The molecule has 0 saturated carbocycles. The van der Waals surface area contributed by atoms with Gasteiger partial charge < -0.3 is 19.6 Å². The molecular weight excluding hydrogens is 415 g/mol. The van der Waals surface area contributed by atoms with Gasteiger partial charge in [-0.3, -0.25) is 14.7 Å². The summed E-state index contributed by atoms with van der Waals surface area (Å²) in [7, 11) is 1.70. The highest BCUT2D eigenvalue weighted by Gasteiger charge is 2.50. The number of likely N-dealkylation sites (tertiary alicyclic amines) is 1. The van der Waals surface area contributed by atoms with E-state index in [1.54, 1.807) is 48.0 Å². The van der Waals surface area contributed by atoms with E-state index in [0.29, 0.717) is 49.3 Å². The van der Waals surface area contributed by atoms with E-state index in [-0.39, 0.29) is 24.5 Å². The van der Waals surface area contributed by atoms with Crippen LogP contribution in [-0.2, 0) is 9.53 Å². The maximum Gasteiger partial charge on any atom is 0.271 e. The molecule has 2 saturated heterocycles. The van der Waals surface area contributed by atoms with Gasteiger partial charge in [-0.1, -0.05) is 12.1 Å². The molecule has 9 heteroatoms. The standard InChI is InChI=1S/C23H29FN4O4/c1-15(29)27(3)20-13-23(32-14-22(20,2)31)8-10-28(11-9-23)21(30)19-12-18(25-26-19)16-6-4-5-7-17(16)24/h4-7,12,20,31H,8-11,13-14H2,1-3H3,(H,25,26)/t20-,22-/m0/s1. The van der Waals surface area contributed by atoms with E-state index in [1.807, 2.05) is 0 Å². The molecule has 2 amide bonds. The van der Waals surface area contributed by atoms with Crippen molar-refractivity contribution in [1.29, 1.82) is 0 Å².